The number of hydrogen-bond acceptors (Lipinski definition) is 6. The third-order valence-corrected chi connectivity index (χ3v) is 4.57. The molecule has 0 aliphatic heterocycles. The fourth-order valence-corrected chi connectivity index (χ4v) is 3.13. The minimum absolute atomic E-state index is 0. The Kier molecular flexibility index (Phi) is 11.3. The highest BCUT2D eigenvalue weighted by atomic mass is 35.5. The van der Waals surface area contributed by atoms with Crippen molar-refractivity contribution in [3.05, 3.63) is 64.1 Å². The molecule has 0 saturated heterocycles. The summed E-state index contributed by atoms with van der Waals surface area (Å²) in [6, 6.07) is 1.77. The van der Waals surface area contributed by atoms with Crippen molar-refractivity contribution in [3.8, 4) is 17.1 Å². The zero-order chi connectivity index (χ0) is 25.8. The summed E-state index contributed by atoms with van der Waals surface area (Å²) in [4.78, 5) is 36.1. The Balaban J connectivity index is 0.00000342. The Bertz CT molecular complexity index is 1270. The van der Waals surface area contributed by atoms with Crippen LogP contribution in [-0.2, 0) is 12.7 Å². The number of urea groups is 1. The lowest BCUT2D eigenvalue weighted by atomic mass is 10.0. The third kappa shape index (κ3) is 8.30. The lowest BCUT2D eigenvalue weighted by Gasteiger charge is -2.18. The van der Waals surface area contributed by atoms with Crippen LogP contribution in [0, 0.1) is 5.82 Å². The van der Waals surface area contributed by atoms with Gasteiger partial charge < -0.3 is 25.3 Å². The number of carbonyl (C=O) groups excluding carboxylic acids is 1. The molecular weight excluding hydrogens is 543 g/mol. The van der Waals surface area contributed by atoms with E-state index in [1.54, 1.807) is 21.0 Å². The van der Waals surface area contributed by atoms with E-state index in [4.69, 9.17) is 4.74 Å². The molecule has 0 bridgehead atoms. The maximum absolute atomic E-state index is 14.4. The highest BCUT2D eigenvalue weighted by Crippen LogP contribution is 2.35. The molecule has 0 atom stereocenters. The number of alkyl halides is 3. The van der Waals surface area contributed by atoms with Crippen LogP contribution in [-0.4, -0.2) is 46.6 Å². The lowest BCUT2D eigenvalue weighted by molar-refractivity contribution is -0.138. The number of carbonyl (C=O) groups is 1. The largest absolute Gasteiger partial charge is 0.488 e. The van der Waals surface area contributed by atoms with Gasteiger partial charge in [-0.05, 0) is 44.8 Å². The molecule has 15 heteroatoms. The number of pyridine rings is 1. The van der Waals surface area contributed by atoms with E-state index in [9.17, 15) is 27.2 Å². The van der Waals surface area contributed by atoms with Crippen molar-refractivity contribution >= 4 is 42.2 Å². The molecular formula is C22H24Cl2F4N6O3. The van der Waals surface area contributed by atoms with Gasteiger partial charge in [0.15, 0.2) is 11.6 Å². The first-order valence-corrected chi connectivity index (χ1v) is 10.3. The standard InChI is InChI=1S/C22H22F4N6O3.2ClH/c1-4-35-18-6-12(8-29-20(18)33)19-27-9-14(10-28-19)30-21(34)31-17-7-15(22(24,25)26)13(5-16(17)23)11-32(2)3;;/h5-10H,4,11H2,1-3H3,(H,29,33)(H2,30,31,34);2*1H. The summed E-state index contributed by atoms with van der Waals surface area (Å²) in [5.41, 5.74) is -1.81. The van der Waals surface area contributed by atoms with Crippen molar-refractivity contribution < 1.29 is 27.1 Å². The number of aromatic nitrogens is 3. The van der Waals surface area contributed by atoms with Crippen molar-refractivity contribution in [1.82, 2.24) is 19.9 Å². The number of ether oxygens (including phenoxy) is 1. The van der Waals surface area contributed by atoms with Crippen LogP contribution >= 0.6 is 24.8 Å². The van der Waals surface area contributed by atoms with Crippen LogP contribution in [0.3, 0.4) is 0 Å². The molecule has 3 N–H and O–H groups in total. The van der Waals surface area contributed by atoms with Gasteiger partial charge in [-0.25, -0.2) is 19.2 Å². The van der Waals surface area contributed by atoms with Gasteiger partial charge in [0.25, 0.3) is 5.56 Å². The molecule has 2 aromatic heterocycles. The number of anilines is 2. The molecule has 3 rings (SSSR count). The zero-order valence-corrected chi connectivity index (χ0v) is 21.4. The average molecular weight is 567 g/mol. The van der Waals surface area contributed by atoms with E-state index in [1.807, 2.05) is 0 Å². The number of nitrogens with one attached hydrogen (secondary N) is 3. The Morgan fingerprint density at radius 2 is 1.76 bits per heavy atom. The predicted octanol–water partition coefficient (Wildman–Crippen LogP) is 4.94. The first kappa shape index (κ1) is 31.6. The summed E-state index contributed by atoms with van der Waals surface area (Å²) in [5.74, 6) is -0.711. The summed E-state index contributed by atoms with van der Waals surface area (Å²) in [6.45, 7) is 1.88. The summed E-state index contributed by atoms with van der Waals surface area (Å²) in [5, 5.41) is 4.40. The second-order valence-corrected chi connectivity index (χ2v) is 7.61. The molecule has 37 heavy (non-hydrogen) atoms. The number of halogens is 6. The zero-order valence-electron chi connectivity index (χ0n) is 19.8. The summed E-state index contributed by atoms with van der Waals surface area (Å²) in [7, 11) is 3.11. The number of benzene rings is 1. The molecule has 0 unspecified atom stereocenters. The summed E-state index contributed by atoms with van der Waals surface area (Å²) < 4.78 is 60.0. The van der Waals surface area contributed by atoms with E-state index in [-0.39, 0.29) is 60.8 Å². The molecule has 0 saturated carbocycles. The van der Waals surface area contributed by atoms with Crippen molar-refractivity contribution in [2.75, 3.05) is 31.3 Å². The van der Waals surface area contributed by atoms with Crippen LogP contribution in [0.4, 0.5) is 33.7 Å². The van der Waals surface area contributed by atoms with E-state index in [1.165, 1.54) is 29.6 Å². The fraction of sp³-hybridized carbons (Fsp3) is 0.273. The minimum Gasteiger partial charge on any atom is -0.488 e. The molecule has 202 valence electrons. The number of amides is 2. The molecule has 2 amide bonds. The normalized spacial score (nSPS) is 10.8. The van der Waals surface area contributed by atoms with E-state index >= 15 is 0 Å². The number of rotatable bonds is 7. The molecule has 3 aromatic rings. The van der Waals surface area contributed by atoms with Crippen LogP contribution in [0.5, 0.6) is 5.75 Å². The Morgan fingerprint density at radius 1 is 1.11 bits per heavy atom. The topological polar surface area (TPSA) is 112 Å². The monoisotopic (exact) mass is 566 g/mol. The van der Waals surface area contributed by atoms with Crippen LogP contribution in [0.2, 0.25) is 0 Å². The Morgan fingerprint density at radius 3 is 2.32 bits per heavy atom. The van der Waals surface area contributed by atoms with E-state index < -0.39 is 34.8 Å². The van der Waals surface area contributed by atoms with Gasteiger partial charge in [-0.2, -0.15) is 13.2 Å². The van der Waals surface area contributed by atoms with E-state index in [0.29, 0.717) is 11.6 Å². The van der Waals surface area contributed by atoms with Crippen LogP contribution in [0.25, 0.3) is 11.4 Å². The van der Waals surface area contributed by atoms with Crippen molar-refractivity contribution in [2.24, 2.45) is 0 Å². The van der Waals surface area contributed by atoms with Crippen LogP contribution < -0.4 is 20.9 Å². The Hall–Kier alpha value is -3.42. The smallest absolute Gasteiger partial charge is 0.416 e. The van der Waals surface area contributed by atoms with Gasteiger partial charge in [-0.15, -0.1) is 24.8 Å². The van der Waals surface area contributed by atoms with Gasteiger partial charge in [-0.1, -0.05) is 0 Å². The fourth-order valence-electron chi connectivity index (χ4n) is 3.13. The minimum atomic E-state index is -4.74. The van der Waals surface area contributed by atoms with Crippen molar-refractivity contribution in [3.63, 3.8) is 0 Å². The molecule has 0 aliphatic carbocycles. The van der Waals surface area contributed by atoms with Gasteiger partial charge in [0, 0.05) is 18.3 Å². The van der Waals surface area contributed by atoms with Gasteiger partial charge >= 0.3 is 12.2 Å². The van der Waals surface area contributed by atoms with Crippen LogP contribution in [0.1, 0.15) is 18.1 Å². The number of aromatic amines is 1. The van der Waals surface area contributed by atoms with Gasteiger partial charge in [0.1, 0.15) is 5.82 Å². The second-order valence-electron chi connectivity index (χ2n) is 7.61. The summed E-state index contributed by atoms with van der Waals surface area (Å²) >= 11 is 0. The SMILES string of the molecule is CCOc1cc(-c2ncc(NC(=O)Nc3cc(C(F)(F)F)c(CN(C)C)cc3F)cn2)c[nH]c1=O.Cl.Cl. The van der Waals surface area contributed by atoms with Gasteiger partial charge in [0.05, 0.1) is 35.9 Å². The number of nitrogens with zero attached hydrogens (tertiary/aromatic N) is 3. The molecule has 9 nitrogen and oxygen atoms in total. The second kappa shape index (κ2) is 13.2. The van der Waals surface area contributed by atoms with Crippen molar-refractivity contribution in [2.45, 2.75) is 19.6 Å². The quantitative estimate of drug-likeness (QED) is 0.349. The first-order chi connectivity index (χ1) is 16.5. The van der Waals surface area contributed by atoms with E-state index in [2.05, 4.69) is 25.6 Å². The first-order valence-electron chi connectivity index (χ1n) is 10.3. The highest BCUT2D eigenvalue weighted by Gasteiger charge is 2.34. The average Bonchev–Trinajstić information content (AvgIpc) is 2.76. The number of hydrogen-bond donors (Lipinski definition) is 3. The molecule has 0 fully saturated rings. The maximum Gasteiger partial charge on any atom is 0.416 e. The lowest BCUT2D eigenvalue weighted by Crippen LogP contribution is -2.22. The van der Waals surface area contributed by atoms with Crippen LogP contribution in [0.15, 0.2) is 41.6 Å². The van der Waals surface area contributed by atoms with Gasteiger partial charge in [0.2, 0.25) is 0 Å². The third-order valence-electron chi connectivity index (χ3n) is 4.57. The molecule has 0 aliphatic rings. The van der Waals surface area contributed by atoms with Gasteiger partial charge in [-0.3, -0.25) is 4.79 Å². The number of H-pyrrole nitrogens is 1. The molecule has 1 aromatic carbocycles. The highest BCUT2D eigenvalue weighted by molar-refractivity contribution is 5.99. The summed E-state index contributed by atoms with van der Waals surface area (Å²) in [6.07, 6.45) is -0.865. The molecule has 0 spiro atoms. The predicted molar refractivity (Wildman–Crippen MR) is 135 cm³/mol. The van der Waals surface area contributed by atoms with E-state index in [0.717, 1.165) is 6.07 Å². The van der Waals surface area contributed by atoms with Crippen molar-refractivity contribution in [1.29, 1.82) is 0 Å². The molecule has 2 heterocycles. The maximum atomic E-state index is 14.4. The Labute approximate surface area is 221 Å². The molecule has 0 radical (unpaired) electrons.